The number of rotatable bonds is 1. The molecule has 80 valence electrons. The van der Waals surface area contributed by atoms with Crippen LogP contribution in [0.25, 0.3) is 0 Å². The van der Waals surface area contributed by atoms with E-state index in [2.05, 4.69) is 12.2 Å². The molecule has 0 radical (unpaired) electrons. The molecule has 6 bridgehead atoms. The van der Waals surface area contributed by atoms with Crippen LogP contribution in [-0.4, -0.2) is 13.1 Å². The van der Waals surface area contributed by atoms with Gasteiger partial charge in [0, 0.05) is 0 Å². The first-order valence-corrected chi connectivity index (χ1v) is 6.04. The fourth-order valence-corrected chi connectivity index (χ4v) is 5.29. The van der Waals surface area contributed by atoms with Crippen LogP contribution in [0.3, 0.4) is 0 Å². The number of allylic oxidation sites excluding steroid dienone is 2. The molecular weight excluding hydrogens is 188 g/mol. The van der Waals surface area contributed by atoms with E-state index in [-0.39, 0.29) is 11.4 Å². The Morgan fingerprint density at radius 3 is 3.00 bits per heavy atom. The third kappa shape index (κ3) is 0.685. The molecule has 6 atom stereocenters. The molecule has 0 saturated heterocycles. The van der Waals surface area contributed by atoms with E-state index >= 15 is 0 Å². The zero-order chi connectivity index (χ0) is 10.2. The Morgan fingerprint density at radius 1 is 1.40 bits per heavy atom. The molecule has 4 fully saturated rings. The molecule has 0 amide bonds. The van der Waals surface area contributed by atoms with E-state index in [1.165, 1.54) is 12.8 Å². The van der Waals surface area contributed by atoms with Gasteiger partial charge >= 0.3 is 5.97 Å². The number of esters is 1. The van der Waals surface area contributed by atoms with Gasteiger partial charge in [-0.25, -0.2) is 0 Å². The van der Waals surface area contributed by atoms with Gasteiger partial charge in [0.1, 0.15) is 0 Å². The van der Waals surface area contributed by atoms with Gasteiger partial charge < -0.3 is 4.74 Å². The Morgan fingerprint density at radius 2 is 2.27 bits per heavy atom. The summed E-state index contributed by atoms with van der Waals surface area (Å²) in [5.74, 6) is 3.96. The first-order chi connectivity index (χ1) is 7.30. The predicted molar refractivity (Wildman–Crippen MR) is 54.9 cm³/mol. The van der Waals surface area contributed by atoms with Crippen molar-refractivity contribution < 1.29 is 9.53 Å². The monoisotopic (exact) mass is 204 g/mol. The minimum Gasteiger partial charge on any atom is -0.469 e. The number of ether oxygens (including phenoxy) is 1. The fraction of sp³-hybridized carbons (Fsp3) is 0.769. The zero-order valence-corrected chi connectivity index (χ0v) is 8.98. The maximum atomic E-state index is 12.1. The third-order valence-electron chi connectivity index (χ3n) is 5.62. The van der Waals surface area contributed by atoms with Crippen LogP contribution in [0, 0.1) is 35.0 Å². The summed E-state index contributed by atoms with van der Waals surface area (Å²) in [7, 11) is 1.55. The van der Waals surface area contributed by atoms with Crippen molar-refractivity contribution in [1.82, 2.24) is 0 Å². The number of hydrogen-bond donors (Lipinski definition) is 0. The molecule has 0 aliphatic heterocycles. The van der Waals surface area contributed by atoms with Gasteiger partial charge in [0.05, 0.1) is 12.5 Å². The molecule has 0 N–H and O–H groups in total. The van der Waals surface area contributed by atoms with Gasteiger partial charge in [-0.15, -0.1) is 0 Å². The van der Waals surface area contributed by atoms with Crippen molar-refractivity contribution in [2.24, 2.45) is 35.0 Å². The highest BCUT2D eigenvalue weighted by atomic mass is 16.5. The lowest BCUT2D eigenvalue weighted by Gasteiger charge is -2.30. The summed E-state index contributed by atoms with van der Waals surface area (Å²) < 4.78 is 5.09. The molecule has 0 aromatic heterocycles. The van der Waals surface area contributed by atoms with Crippen LogP contribution in [0.1, 0.15) is 19.3 Å². The summed E-state index contributed by atoms with van der Waals surface area (Å²) >= 11 is 0. The lowest BCUT2D eigenvalue weighted by Crippen LogP contribution is -2.36. The van der Waals surface area contributed by atoms with Crippen LogP contribution < -0.4 is 0 Å². The minimum atomic E-state index is -0.0955. The summed E-state index contributed by atoms with van der Waals surface area (Å²) in [6.45, 7) is 0. The van der Waals surface area contributed by atoms with Crippen LogP contribution >= 0.6 is 0 Å². The molecule has 5 aliphatic rings. The van der Waals surface area contributed by atoms with E-state index in [0.29, 0.717) is 11.8 Å². The molecule has 0 aromatic rings. The first-order valence-electron chi connectivity index (χ1n) is 6.04. The molecule has 0 aromatic carbocycles. The predicted octanol–water partition coefficient (Wildman–Crippen LogP) is 2.01. The largest absolute Gasteiger partial charge is 0.469 e. The highest BCUT2D eigenvalue weighted by Crippen LogP contribution is 2.82. The van der Waals surface area contributed by atoms with Crippen molar-refractivity contribution in [1.29, 1.82) is 0 Å². The lowest BCUT2D eigenvalue weighted by atomic mass is 9.74. The molecule has 2 heteroatoms. The van der Waals surface area contributed by atoms with Crippen molar-refractivity contribution in [2.75, 3.05) is 7.11 Å². The van der Waals surface area contributed by atoms with Crippen LogP contribution in [0.2, 0.25) is 0 Å². The quantitative estimate of drug-likeness (QED) is 0.482. The molecule has 0 heterocycles. The summed E-state index contributed by atoms with van der Waals surface area (Å²) in [5.41, 5.74) is -0.0955. The molecule has 5 rings (SSSR count). The smallest absolute Gasteiger partial charge is 0.312 e. The van der Waals surface area contributed by atoms with Gasteiger partial charge in [-0.1, -0.05) is 12.2 Å². The average molecular weight is 204 g/mol. The van der Waals surface area contributed by atoms with Crippen molar-refractivity contribution in [3.63, 3.8) is 0 Å². The van der Waals surface area contributed by atoms with E-state index in [9.17, 15) is 4.79 Å². The highest BCUT2D eigenvalue weighted by Gasteiger charge is 2.81. The Labute approximate surface area is 89.7 Å². The van der Waals surface area contributed by atoms with E-state index in [4.69, 9.17) is 4.74 Å². The fourth-order valence-electron chi connectivity index (χ4n) is 5.29. The van der Waals surface area contributed by atoms with Gasteiger partial charge in [0.25, 0.3) is 0 Å². The second kappa shape index (κ2) is 2.31. The van der Waals surface area contributed by atoms with E-state index < -0.39 is 0 Å². The SMILES string of the molecule is COC(=O)[C@@]12CC=CCC3C4C(CC31)C42. The Bertz CT molecular complexity index is 373. The average Bonchev–Trinajstić information content (AvgIpc) is 2.62. The van der Waals surface area contributed by atoms with Crippen molar-refractivity contribution >= 4 is 5.97 Å². The van der Waals surface area contributed by atoms with Gasteiger partial charge in [-0.3, -0.25) is 4.79 Å². The summed E-state index contributed by atoms with van der Waals surface area (Å²) in [5, 5.41) is 0. The molecule has 5 unspecified atom stereocenters. The number of methoxy groups -OCH3 is 1. The van der Waals surface area contributed by atoms with Gasteiger partial charge in [0.2, 0.25) is 0 Å². The molecule has 4 saturated carbocycles. The van der Waals surface area contributed by atoms with Gasteiger partial charge in [-0.2, -0.15) is 0 Å². The standard InChI is InChI=1S/C13H16O2/c1-15-12(14)13-5-3-2-4-7-9(13)6-8-10(7)11(8)13/h2-3,7-11H,4-6H2,1H3/t7?,8?,9?,10?,11?,13-/m0/s1. The van der Waals surface area contributed by atoms with Gasteiger partial charge in [0.15, 0.2) is 0 Å². The Balaban J connectivity index is 1.85. The normalized spacial score (nSPS) is 57.8. The van der Waals surface area contributed by atoms with Crippen molar-refractivity contribution in [3.05, 3.63) is 12.2 Å². The summed E-state index contributed by atoms with van der Waals surface area (Å²) in [6.07, 6.45) is 7.97. The van der Waals surface area contributed by atoms with Crippen LogP contribution in [-0.2, 0) is 9.53 Å². The molecule has 0 spiro atoms. The Hall–Kier alpha value is -0.790. The second-order valence-electron chi connectivity index (χ2n) is 5.72. The topological polar surface area (TPSA) is 26.3 Å². The van der Waals surface area contributed by atoms with Crippen molar-refractivity contribution in [3.8, 4) is 0 Å². The highest BCUT2D eigenvalue weighted by molar-refractivity contribution is 5.80. The van der Waals surface area contributed by atoms with E-state index in [1.807, 2.05) is 0 Å². The first kappa shape index (κ1) is 8.37. The van der Waals surface area contributed by atoms with Crippen LogP contribution in [0.15, 0.2) is 12.2 Å². The second-order valence-corrected chi connectivity index (χ2v) is 5.72. The number of carbonyl (C=O) groups excluding carboxylic acids is 1. The van der Waals surface area contributed by atoms with Crippen LogP contribution in [0.5, 0.6) is 0 Å². The summed E-state index contributed by atoms with van der Waals surface area (Å²) in [4.78, 5) is 12.1. The number of hydrogen-bond acceptors (Lipinski definition) is 2. The van der Waals surface area contributed by atoms with E-state index in [1.54, 1.807) is 7.11 Å². The van der Waals surface area contributed by atoms with Gasteiger partial charge in [-0.05, 0) is 48.9 Å². The molecular formula is C13H16O2. The Kier molecular flexibility index (Phi) is 1.29. The molecule has 2 nitrogen and oxygen atoms in total. The summed E-state index contributed by atoms with van der Waals surface area (Å²) in [6, 6.07) is 0. The molecule has 5 aliphatic carbocycles. The maximum absolute atomic E-state index is 12.1. The maximum Gasteiger partial charge on any atom is 0.312 e. The minimum absolute atomic E-state index is 0.0801. The van der Waals surface area contributed by atoms with E-state index in [0.717, 1.165) is 24.2 Å². The number of carbonyl (C=O) groups is 1. The van der Waals surface area contributed by atoms with Crippen LogP contribution in [0.4, 0.5) is 0 Å². The molecule has 15 heavy (non-hydrogen) atoms. The van der Waals surface area contributed by atoms with Crippen molar-refractivity contribution in [2.45, 2.75) is 19.3 Å². The third-order valence-corrected chi connectivity index (χ3v) is 5.62. The zero-order valence-electron chi connectivity index (χ0n) is 8.98. The lowest BCUT2D eigenvalue weighted by molar-refractivity contribution is -0.155.